The fraction of sp³-hybridized carbons (Fsp3) is 0.304. The Morgan fingerprint density at radius 2 is 1.70 bits per heavy atom. The molecular weight excluding hydrogens is 555 g/mol. The number of nitrogens with zero attached hydrogens (tertiary/aromatic N) is 3. The van der Waals surface area contributed by atoms with Gasteiger partial charge in [-0.1, -0.05) is 23.5 Å². The average Bonchev–Trinajstić information content (AvgIpc) is 3.63. The molecule has 1 atom stereocenters. The Bertz CT molecular complexity index is 1470. The van der Waals surface area contributed by atoms with Gasteiger partial charge in [0.2, 0.25) is 11.8 Å². The first-order valence-corrected chi connectivity index (χ1v) is 14.9. The van der Waals surface area contributed by atoms with E-state index in [2.05, 4.69) is 20.6 Å². The molecule has 1 aliphatic heterocycles. The lowest BCUT2D eigenvalue weighted by Crippen LogP contribution is -2.32. The third kappa shape index (κ3) is 6.76. The molecule has 2 aromatic heterocycles. The van der Waals surface area contributed by atoms with Gasteiger partial charge in [0.1, 0.15) is 0 Å². The molecule has 2 N–H and O–H groups in total. The smallest absolute Gasteiger partial charge is 0.270 e. The molecule has 1 saturated heterocycles. The summed E-state index contributed by atoms with van der Waals surface area (Å²) in [5.74, 6) is 0.213. The minimum absolute atomic E-state index is 0.0168. The summed E-state index contributed by atoms with van der Waals surface area (Å²) in [4.78, 5) is 44.2. The Kier molecular flexibility index (Phi) is 8.20. The molecule has 14 heteroatoms. The molecule has 0 aliphatic carbocycles. The number of carbonyl (C=O) groups is 2. The molecule has 1 aliphatic rings. The Morgan fingerprint density at radius 1 is 1.03 bits per heavy atom. The van der Waals surface area contributed by atoms with Crippen molar-refractivity contribution in [2.75, 3.05) is 30.0 Å². The highest BCUT2D eigenvalue weighted by atomic mass is 32.2. The van der Waals surface area contributed by atoms with E-state index < -0.39 is 4.92 Å². The van der Waals surface area contributed by atoms with Crippen molar-refractivity contribution in [1.29, 1.82) is 0 Å². The molecule has 2 amide bonds. The zero-order chi connectivity index (χ0) is 25.8. The second kappa shape index (κ2) is 11.7. The van der Waals surface area contributed by atoms with E-state index in [1.165, 1.54) is 58.3 Å². The number of nitro benzene ring substituents is 1. The number of carbonyl (C=O) groups excluding carboxylic acids is 2. The average molecular weight is 576 g/mol. The molecule has 1 fully saturated rings. The number of anilines is 1. The van der Waals surface area contributed by atoms with E-state index in [4.69, 9.17) is 4.74 Å². The zero-order valence-electron chi connectivity index (χ0n) is 19.3. The normalized spacial score (nSPS) is 15.3. The minimum atomic E-state index is -0.439. The molecular formula is C23H21N5O5S4. The van der Waals surface area contributed by atoms with Gasteiger partial charge < -0.3 is 15.4 Å². The molecule has 4 aromatic rings. The van der Waals surface area contributed by atoms with Crippen LogP contribution in [0.1, 0.15) is 12.8 Å². The van der Waals surface area contributed by atoms with Crippen molar-refractivity contribution in [3.63, 3.8) is 0 Å². The molecule has 2 aromatic carbocycles. The van der Waals surface area contributed by atoms with Crippen molar-refractivity contribution >= 4 is 89.8 Å². The monoisotopic (exact) mass is 575 g/mol. The van der Waals surface area contributed by atoms with Gasteiger partial charge in [0.05, 0.1) is 43.0 Å². The van der Waals surface area contributed by atoms with Crippen LogP contribution in [0.25, 0.3) is 20.4 Å². The fourth-order valence-corrected chi connectivity index (χ4v) is 7.49. The van der Waals surface area contributed by atoms with Crippen molar-refractivity contribution in [2.45, 2.75) is 27.6 Å². The number of benzene rings is 2. The molecule has 0 bridgehead atoms. The molecule has 0 saturated carbocycles. The lowest BCUT2D eigenvalue weighted by molar-refractivity contribution is -0.384. The Hall–Kier alpha value is -2.78. The maximum absolute atomic E-state index is 12.5. The van der Waals surface area contributed by atoms with Crippen molar-refractivity contribution in [3.8, 4) is 0 Å². The van der Waals surface area contributed by atoms with Crippen molar-refractivity contribution < 1.29 is 19.2 Å². The van der Waals surface area contributed by atoms with E-state index >= 15 is 0 Å². The van der Waals surface area contributed by atoms with Gasteiger partial charge in [-0.05, 0) is 37.1 Å². The van der Waals surface area contributed by atoms with E-state index in [0.717, 1.165) is 34.0 Å². The maximum atomic E-state index is 12.5. The number of hydrogen-bond donors (Lipinski definition) is 2. The van der Waals surface area contributed by atoms with Gasteiger partial charge in [0, 0.05) is 31.0 Å². The number of ether oxygens (including phenoxy) is 1. The largest absolute Gasteiger partial charge is 0.376 e. The standard InChI is InChI=1S/C23H21N5O5S4/c29-20(24-10-15-2-1-7-33-15)11-34-22-26-16-5-3-13(8-18(16)36-22)25-21(30)12-35-23-27-17-6-4-14(28(31)32)9-19(17)37-23/h3-6,8-9,15H,1-2,7,10-12H2,(H,24,29)(H,25,30)/t15-/m0/s1. The highest BCUT2D eigenvalue weighted by Crippen LogP contribution is 2.33. The Balaban J connectivity index is 1.12. The first kappa shape index (κ1) is 25.9. The number of thiazole rings is 2. The highest BCUT2D eigenvalue weighted by molar-refractivity contribution is 8.02. The summed E-state index contributed by atoms with van der Waals surface area (Å²) in [6, 6.07) is 10.0. The molecule has 10 nitrogen and oxygen atoms in total. The number of nitrogens with one attached hydrogen (secondary N) is 2. The number of fused-ring (bicyclic) bond motifs is 2. The predicted octanol–water partition coefficient (Wildman–Crippen LogP) is 4.93. The molecule has 37 heavy (non-hydrogen) atoms. The number of rotatable bonds is 10. The summed E-state index contributed by atoms with van der Waals surface area (Å²) in [6.45, 7) is 1.31. The number of nitro groups is 1. The second-order valence-electron chi connectivity index (χ2n) is 8.12. The van der Waals surface area contributed by atoms with Crippen LogP contribution in [0.2, 0.25) is 0 Å². The highest BCUT2D eigenvalue weighted by Gasteiger charge is 2.17. The van der Waals surface area contributed by atoms with Crippen LogP contribution in [0.4, 0.5) is 11.4 Å². The first-order chi connectivity index (χ1) is 17.9. The summed E-state index contributed by atoms with van der Waals surface area (Å²) in [7, 11) is 0. The van der Waals surface area contributed by atoms with E-state index in [1.54, 1.807) is 12.1 Å². The summed E-state index contributed by atoms with van der Waals surface area (Å²) in [5, 5.41) is 16.8. The Morgan fingerprint density at radius 3 is 2.38 bits per heavy atom. The van der Waals surface area contributed by atoms with Gasteiger partial charge in [-0.2, -0.15) is 0 Å². The van der Waals surface area contributed by atoms with Gasteiger partial charge in [-0.25, -0.2) is 9.97 Å². The quantitative estimate of drug-likeness (QED) is 0.153. The molecule has 0 unspecified atom stereocenters. The third-order valence-corrected chi connectivity index (χ3v) is 9.74. The summed E-state index contributed by atoms with van der Waals surface area (Å²) < 4.78 is 8.61. The van der Waals surface area contributed by atoms with Gasteiger partial charge in [-0.15, -0.1) is 22.7 Å². The fourth-order valence-electron chi connectivity index (χ4n) is 3.65. The summed E-state index contributed by atoms with van der Waals surface area (Å²) in [6.07, 6.45) is 2.14. The van der Waals surface area contributed by atoms with Crippen LogP contribution < -0.4 is 10.6 Å². The molecule has 0 spiro atoms. The van der Waals surface area contributed by atoms with Crippen molar-refractivity contribution in [1.82, 2.24) is 15.3 Å². The third-order valence-electron chi connectivity index (χ3n) is 5.42. The minimum Gasteiger partial charge on any atom is -0.376 e. The van der Waals surface area contributed by atoms with E-state index in [0.29, 0.717) is 26.8 Å². The summed E-state index contributed by atoms with van der Waals surface area (Å²) in [5.41, 5.74) is 2.15. The van der Waals surface area contributed by atoms with Crippen LogP contribution in [0.5, 0.6) is 0 Å². The number of thioether (sulfide) groups is 2. The number of non-ortho nitro benzene ring substituents is 1. The van der Waals surface area contributed by atoms with Crippen LogP contribution in [0.3, 0.4) is 0 Å². The number of hydrogen-bond acceptors (Lipinski definition) is 11. The van der Waals surface area contributed by atoms with Crippen LogP contribution in [0.15, 0.2) is 45.1 Å². The van der Waals surface area contributed by atoms with E-state index in [1.807, 2.05) is 12.1 Å². The summed E-state index contributed by atoms with van der Waals surface area (Å²) >= 11 is 5.47. The van der Waals surface area contributed by atoms with E-state index in [-0.39, 0.29) is 35.1 Å². The number of amides is 2. The first-order valence-electron chi connectivity index (χ1n) is 11.3. The molecule has 3 heterocycles. The molecule has 0 radical (unpaired) electrons. The lowest BCUT2D eigenvalue weighted by atomic mass is 10.2. The lowest BCUT2D eigenvalue weighted by Gasteiger charge is -2.09. The van der Waals surface area contributed by atoms with Gasteiger partial charge in [0.15, 0.2) is 8.68 Å². The van der Waals surface area contributed by atoms with E-state index in [9.17, 15) is 19.7 Å². The van der Waals surface area contributed by atoms with Crippen molar-refractivity contribution in [3.05, 3.63) is 46.5 Å². The predicted molar refractivity (Wildman–Crippen MR) is 148 cm³/mol. The van der Waals surface area contributed by atoms with Crippen LogP contribution in [0, 0.1) is 10.1 Å². The van der Waals surface area contributed by atoms with Crippen LogP contribution in [-0.4, -0.2) is 57.5 Å². The second-order valence-corrected chi connectivity index (χ2v) is 12.6. The SMILES string of the molecule is O=C(CSc1nc2ccc(NC(=O)CSc3nc4ccc([N+](=O)[O-])cc4s3)cc2s1)NC[C@@H]1CCCO1. The zero-order valence-corrected chi connectivity index (χ0v) is 22.6. The van der Waals surface area contributed by atoms with Crippen LogP contribution in [-0.2, 0) is 14.3 Å². The van der Waals surface area contributed by atoms with Gasteiger partial charge in [-0.3, -0.25) is 19.7 Å². The van der Waals surface area contributed by atoms with Crippen LogP contribution >= 0.6 is 46.2 Å². The van der Waals surface area contributed by atoms with Gasteiger partial charge in [0.25, 0.3) is 5.69 Å². The maximum Gasteiger partial charge on any atom is 0.270 e. The van der Waals surface area contributed by atoms with Crippen molar-refractivity contribution in [2.24, 2.45) is 0 Å². The number of aromatic nitrogens is 2. The molecule has 192 valence electrons. The molecule has 5 rings (SSSR count). The topological polar surface area (TPSA) is 136 Å². The Labute approximate surface area is 227 Å². The van der Waals surface area contributed by atoms with Gasteiger partial charge >= 0.3 is 0 Å².